The van der Waals surface area contributed by atoms with Crippen molar-refractivity contribution in [3.8, 4) is 0 Å². The number of hydrogen-bond donors (Lipinski definition) is 3. The first kappa shape index (κ1) is 19.2. The van der Waals surface area contributed by atoms with E-state index in [9.17, 15) is 18.3 Å². The average molecular weight is 375 g/mol. The first-order valence-corrected chi connectivity index (χ1v) is 9.94. The van der Waals surface area contributed by atoms with Gasteiger partial charge in [0.2, 0.25) is 15.9 Å². The summed E-state index contributed by atoms with van der Waals surface area (Å²) in [5.74, 6) is -0.135. The second-order valence-electron chi connectivity index (χ2n) is 5.98. The third kappa shape index (κ3) is 5.17. The second-order valence-corrected chi connectivity index (χ2v) is 8.12. The number of sulfonamides is 1. The van der Waals surface area contributed by atoms with Gasteiger partial charge in [0.1, 0.15) is 4.90 Å². The largest absolute Gasteiger partial charge is 0.396 e. The highest BCUT2D eigenvalue weighted by Gasteiger charge is 2.25. The molecule has 1 aromatic carbocycles. The van der Waals surface area contributed by atoms with E-state index in [1.165, 1.54) is 12.1 Å². The van der Waals surface area contributed by atoms with Crippen LogP contribution in [0.15, 0.2) is 29.2 Å². The van der Waals surface area contributed by atoms with Crippen LogP contribution < -0.4 is 10.0 Å². The van der Waals surface area contributed by atoms with Crippen LogP contribution in [0.3, 0.4) is 0 Å². The van der Waals surface area contributed by atoms with E-state index in [-0.39, 0.29) is 47.4 Å². The fraction of sp³-hybridized carbons (Fsp3) is 0.562. The first-order valence-electron chi connectivity index (χ1n) is 8.08. The number of carbonyl (C=O) groups is 1. The molecule has 1 saturated carbocycles. The van der Waals surface area contributed by atoms with Crippen LogP contribution in [-0.4, -0.2) is 38.6 Å². The van der Waals surface area contributed by atoms with Crippen LogP contribution in [0.25, 0.3) is 0 Å². The first-order chi connectivity index (χ1) is 11.4. The van der Waals surface area contributed by atoms with E-state index in [1.807, 2.05) is 0 Å². The minimum absolute atomic E-state index is 0.000278. The van der Waals surface area contributed by atoms with E-state index in [1.54, 1.807) is 12.1 Å². The number of nitrogens with one attached hydrogen (secondary N) is 2. The summed E-state index contributed by atoms with van der Waals surface area (Å²) in [6.07, 6.45) is 3.89. The van der Waals surface area contributed by atoms with E-state index in [4.69, 9.17) is 11.6 Å². The van der Waals surface area contributed by atoms with Gasteiger partial charge in [0, 0.05) is 31.5 Å². The molecule has 0 bridgehead atoms. The molecule has 24 heavy (non-hydrogen) atoms. The van der Waals surface area contributed by atoms with Crippen molar-refractivity contribution in [1.82, 2.24) is 10.0 Å². The van der Waals surface area contributed by atoms with Crippen LogP contribution in [0.2, 0.25) is 5.02 Å². The molecular weight excluding hydrogens is 352 g/mol. The predicted molar refractivity (Wildman–Crippen MR) is 92.2 cm³/mol. The Morgan fingerprint density at radius 2 is 1.96 bits per heavy atom. The summed E-state index contributed by atoms with van der Waals surface area (Å²) >= 11 is 5.89. The fourth-order valence-electron chi connectivity index (χ4n) is 2.93. The Balaban J connectivity index is 1.83. The summed E-state index contributed by atoms with van der Waals surface area (Å²) in [7, 11) is -3.74. The third-order valence-corrected chi connectivity index (χ3v) is 6.22. The molecule has 0 aliphatic heterocycles. The van der Waals surface area contributed by atoms with E-state index in [2.05, 4.69) is 10.0 Å². The third-order valence-electron chi connectivity index (χ3n) is 4.26. The Bertz CT molecular complexity index is 666. The Hall–Kier alpha value is -1.15. The Labute approximate surface area is 147 Å². The van der Waals surface area contributed by atoms with Crippen molar-refractivity contribution >= 4 is 27.5 Å². The van der Waals surface area contributed by atoms with Gasteiger partial charge < -0.3 is 10.4 Å². The number of carbonyl (C=O) groups excluding carboxylic acids is 1. The highest BCUT2D eigenvalue weighted by Crippen LogP contribution is 2.24. The molecule has 0 radical (unpaired) electrons. The van der Waals surface area contributed by atoms with Gasteiger partial charge in [-0.3, -0.25) is 4.79 Å². The maximum absolute atomic E-state index is 12.2. The summed E-state index contributed by atoms with van der Waals surface area (Å²) in [5, 5.41) is 12.4. The van der Waals surface area contributed by atoms with E-state index in [0.29, 0.717) is 0 Å². The molecule has 6 nitrogen and oxygen atoms in total. The van der Waals surface area contributed by atoms with E-state index < -0.39 is 10.0 Å². The molecule has 8 heteroatoms. The van der Waals surface area contributed by atoms with Gasteiger partial charge in [-0.2, -0.15) is 0 Å². The Morgan fingerprint density at radius 3 is 2.67 bits per heavy atom. The van der Waals surface area contributed by atoms with Crippen LogP contribution >= 0.6 is 11.6 Å². The predicted octanol–water partition coefficient (Wildman–Crippen LogP) is 1.68. The minimum Gasteiger partial charge on any atom is -0.396 e. The molecule has 1 amide bonds. The fourth-order valence-corrected chi connectivity index (χ4v) is 4.48. The van der Waals surface area contributed by atoms with Gasteiger partial charge in [-0.15, -0.1) is 0 Å². The molecule has 0 spiro atoms. The summed E-state index contributed by atoms with van der Waals surface area (Å²) in [6.45, 7) is 0.0555. The van der Waals surface area contributed by atoms with Crippen molar-refractivity contribution in [2.45, 2.75) is 43.0 Å². The average Bonchev–Trinajstić information content (AvgIpc) is 2.55. The minimum atomic E-state index is -3.74. The van der Waals surface area contributed by atoms with Crippen LogP contribution in [0, 0.1) is 5.92 Å². The topological polar surface area (TPSA) is 95.5 Å². The van der Waals surface area contributed by atoms with E-state index in [0.717, 1.165) is 25.7 Å². The Kier molecular flexibility index (Phi) is 7.03. The number of rotatable bonds is 7. The molecule has 2 atom stereocenters. The van der Waals surface area contributed by atoms with Gasteiger partial charge in [0.05, 0.1) is 5.02 Å². The van der Waals surface area contributed by atoms with Crippen molar-refractivity contribution in [1.29, 1.82) is 0 Å². The molecule has 134 valence electrons. The second kappa shape index (κ2) is 8.80. The number of benzene rings is 1. The highest BCUT2D eigenvalue weighted by molar-refractivity contribution is 7.89. The van der Waals surface area contributed by atoms with Crippen LogP contribution in [0.5, 0.6) is 0 Å². The van der Waals surface area contributed by atoms with Crippen molar-refractivity contribution in [2.24, 2.45) is 5.92 Å². The Morgan fingerprint density at radius 1 is 1.25 bits per heavy atom. The van der Waals surface area contributed by atoms with Gasteiger partial charge in [0.25, 0.3) is 0 Å². The maximum Gasteiger partial charge on any atom is 0.242 e. The molecule has 1 fully saturated rings. The lowest BCUT2D eigenvalue weighted by atomic mass is 9.85. The van der Waals surface area contributed by atoms with Gasteiger partial charge in [-0.05, 0) is 25.0 Å². The van der Waals surface area contributed by atoms with Gasteiger partial charge >= 0.3 is 0 Å². The van der Waals surface area contributed by atoms with Crippen LogP contribution in [0.4, 0.5) is 0 Å². The quantitative estimate of drug-likeness (QED) is 0.676. The number of amides is 1. The molecule has 1 aromatic rings. The molecule has 1 aliphatic rings. The van der Waals surface area contributed by atoms with Crippen molar-refractivity contribution in [3.05, 3.63) is 29.3 Å². The van der Waals surface area contributed by atoms with Crippen LogP contribution in [0.1, 0.15) is 32.1 Å². The number of aliphatic hydroxyl groups excluding tert-OH is 1. The SMILES string of the molecule is O=C(CCNS(=O)(=O)c1ccccc1Cl)N[C@H]1CCCC[C@H]1CO. The molecule has 0 unspecified atom stereocenters. The van der Waals surface area contributed by atoms with Crippen LogP contribution in [-0.2, 0) is 14.8 Å². The normalized spacial score (nSPS) is 21.4. The van der Waals surface area contributed by atoms with E-state index >= 15 is 0 Å². The molecular formula is C16H23ClN2O4S. The van der Waals surface area contributed by atoms with Gasteiger partial charge in [0.15, 0.2) is 0 Å². The maximum atomic E-state index is 12.2. The van der Waals surface area contributed by atoms with Gasteiger partial charge in [-0.1, -0.05) is 36.6 Å². The summed E-state index contributed by atoms with van der Waals surface area (Å²) in [6, 6.07) is 6.12. The summed E-state index contributed by atoms with van der Waals surface area (Å²) in [5.41, 5.74) is 0. The monoisotopic (exact) mass is 374 g/mol. The standard InChI is InChI=1S/C16H23ClN2O4S/c17-13-6-2-4-8-15(13)24(22,23)18-10-9-16(21)19-14-7-3-1-5-12(14)11-20/h2,4,6,8,12,14,18,20H,1,3,5,7,9-11H2,(H,19,21)/t12-,14-/m0/s1. The van der Waals surface area contributed by atoms with Crippen molar-refractivity contribution < 1.29 is 18.3 Å². The van der Waals surface area contributed by atoms with Gasteiger partial charge in [-0.25, -0.2) is 13.1 Å². The number of hydrogen-bond acceptors (Lipinski definition) is 4. The van der Waals surface area contributed by atoms with Crippen molar-refractivity contribution in [2.75, 3.05) is 13.2 Å². The summed E-state index contributed by atoms with van der Waals surface area (Å²) < 4.78 is 26.7. The number of aliphatic hydroxyl groups is 1. The lowest BCUT2D eigenvalue weighted by molar-refractivity contribution is -0.122. The molecule has 3 N–H and O–H groups in total. The molecule has 2 rings (SSSR count). The summed E-state index contributed by atoms with van der Waals surface area (Å²) in [4.78, 5) is 12.0. The lowest BCUT2D eigenvalue weighted by Gasteiger charge is -2.30. The van der Waals surface area contributed by atoms with Crippen molar-refractivity contribution in [3.63, 3.8) is 0 Å². The zero-order valence-electron chi connectivity index (χ0n) is 13.4. The molecule has 0 saturated heterocycles. The molecule has 1 aliphatic carbocycles. The highest BCUT2D eigenvalue weighted by atomic mass is 35.5. The molecule has 0 heterocycles. The zero-order chi connectivity index (χ0) is 17.6. The zero-order valence-corrected chi connectivity index (χ0v) is 14.9. The number of halogens is 1. The lowest BCUT2D eigenvalue weighted by Crippen LogP contribution is -2.44. The smallest absolute Gasteiger partial charge is 0.242 e. The molecule has 0 aromatic heterocycles.